The van der Waals surface area contributed by atoms with Gasteiger partial charge in [-0.25, -0.2) is 0 Å². The summed E-state index contributed by atoms with van der Waals surface area (Å²) in [4.78, 5) is 0. The number of benzene rings is 1. The molecular formula is C15H22O2S. The molecule has 0 aliphatic rings. The Morgan fingerprint density at radius 3 is 2.50 bits per heavy atom. The topological polar surface area (TPSA) is 18.5 Å². The molecule has 0 saturated carbocycles. The smallest absolute Gasteiger partial charge is 0.123 e. The van der Waals surface area contributed by atoms with Gasteiger partial charge in [0.05, 0.1) is 7.11 Å². The van der Waals surface area contributed by atoms with Crippen LogP contribution in [0.3, 0.4) is 0 Å². The minimum atomic E-state index is 0.0249. The zero-order chi connectivity index (χ0) is 13.6. The molecule has 0 aliphatic heterocycles. The van der Waals surface area contributed by atoms with Gasteiger partial charge in [0.15, 0.2) is 0 Å². The summed E-state index contributed by atoms with van der Waals surface area (Å²) in [5.74, 6) is 2.50. The molecular weight excluding hydrogens is 244 g/mol. The van der Waals surface area contributed by atoms with E-state index in [-0.39, 0.29) is 5.41 Å². The Morgan fingerprint density at radius 2 is 1.94 bits per heavy atom. The van der Waals surface area contributed by atoms with E-state index in [1.807, 2.05) is 30.4 Å². The van der Waals surface area contributed by atoms with Gasteiger partial charge in [0.2, 0.25) is 0 Å². The normalized spacial score (nSPS) is 11.8. The van der Waals surface area contributed by atoms with E-state index in [1.54, 1.807) is 7.11 Å². The van der Waals surface area contributed by atoms with Gasteiger partial charge in [-0.15, -0.1) is 0 Å². The van der Waals surface area contributed by atoms with E-state index in [0.717, 1.165) is 22.8 Å². The maximum absolute atomic E-state index is 5.79. The quantitative estimate of drug-likeness (QED) is 0.644. The van der Waals surface area contributed by atoms with Gasteiger partial charge in [0.1, 0.15) is 18.1 Å². The molecule has 3 heteroatoms. The van der Waals surface area contributed by atoms with Crippen molar-refractivity contribution < 1.29 is 9.47 Å². The first-order valence-electron chi connectivity index (χ1n) is 6.06. The van der Waals surface area contributed by atoms with Crippen LogP contribution in [-0.4, -0.2) is 19.5 Å². The van der Waals surface area contributed by atoms with Crippen molar-refractivity contribution in [2.45, 2.75) is 26.2 Å². The second kappa shape index (κ2) is 6.74. The van der Waals surface area contributed by atoms with Crippen LogP contribution in [0, 0.1) is 0 Å². The Kier molecular flexibility index (Phi) is 5.60. The Morgan fingerprint density at radius 1 is 1.22 bits per heavy atom. The van der Waals surface area contributed by atoms with E-state index in [9.17, 15) is 0 Å². The summed E-state index contributed by atoms with van der Waals surface area (Å²) >= 11 is 4.11. The van der Waals surface area contributed by atoms with Crippen LogP contribution in [0.4, 0.5) is 0 Å². The standard InChI is InChI=1S/C15H22O2S/c1-15(2,3)13-11-12(16-4)7-8-14(13)17-9-5-6-10-18/h5-8,11,18H,9-10H2,1-4H3. The van der Waals surface area contributed by atoms with Crippen molar-refractivity contribution >= 4 is 12.6 Å². The van der Waals surface area contributed by atoms with Gasteiger partial charge in [-0.1, -0.05) is 32.9 Å². The molecule has 100 valence electrons. The predicted molar refractivity (Wildman–Crippen MR) is 80.2 cm³/mol. The van der Waals surface area contributed by atoms with Crippen LogP contribution in [0.2, 0.25) is 0 Å². The average Bonchev–Trinajstić information content (AvgIpc) is 2.33. The third kappa shape index (κ3) is 4.30. The van der Waals surface area contributed by atoms with Crippen LogP contribution >= 0.6 is 12.6 Å². The molecule has 1 aromatic carbocycles. The van der Waals surface area contributed by atoms with Crippen molar-refractivity contribution in [2.24, 2.45) is 0 Å². The van der Waals surface area contributed by atoms with Crippen LogP contribution in [0.5, 0.6) is 11.5 Å². The van der Waals surface area contributed by atoms with E-state index in [0.29, 0.717) is 6.61 Å². The molecule has 0 radical (unpaired) electrons. The van der Waals surface area contributed by atoms with E-state index in [2.05, 4.69) is 33.4 Å². The Bertz CT molecular complexity index is 405. The fourth-order valence-electron chi connectivity index (χ4n) is 1.63. The zero-order valence-corrected chi connectivity index (χ0v) is 12.5. The number of hydrogen-bond donors (Lipinski definition) is 1. The minimum absolute atomic E-state index is 0.0249. The summed E-state index contributed by atoms with van der Waals surface area (Å²) in [6, 6.07) is 5.93. The summed E-state index contributed by atoms with van der Waals surface area (Å²) in [5, 5.41) is 0. The summed E-state index contributed by atoms with van der Waals surface area (Å²) in [6.45, 7) is 7.06. The molecule has 0 aromatic heterocycles. The second-order valence-electron chi connectivity index (χ2n) is 5.08. The highest BCUT2D eigenvalue weighted by atomic mass is 32.1. The molecule has 0 unspecified atom stereocenters. The van der Waals surface area contributed by atoms with Crippen LogP contribution in [0.25, 0.3) is 0 Å². The van der Waals surface area contributed by atoms with E-state index in [4.69, 9.17) is 9.47 Å². The predicted octanol–water partition coefficient (Wildman–Crippen LogP) is 3.86. The summed E-state index contributed by atoms with van der Waals surface area (Å²) in [6.07, 6.45) is 3.95. The lowest BCUT2D eigenvalue weighted by molar-refractivity contribution is 0.348. The second-order valence-corrected chi connectivity index (χ2v) is 5.44. The zero-order valence-electron chi connectivity index (χ0n) is 11.6. The average molecular weight is 266 g/mol. The van der Waals surface area contributed by atoms with Gasteiger partial charge >= 0.3 is 0 Å². The van der Waals surface area contributed by atoms with E-state index in [1.165, 1.54) is 0 Å². The molecule has 0 fully saturated rings. The molecule has 0 heterocycles. The molecule has 0 aliphatic carbocycles. The van der Waals surface area contributed by atoms with E-state index >= 15 is 0 Å². The molecule has 2 nitrogen and oxygen atoms in total. The number of ether oxygens (including phenoxy) is 2. The summed E-state index contributed by atoms with van der Waals surface area (Å²) in [7, 11) is 1.68. The molecule has 18 heavy (non-hydrogen) atoms. The Balaban J connectivity index is 2.92. The highest BCUT2D eigenvalue weighted by Crippen LogP contribution is 2.34. The van der Waals surface area contributed by atoms with Gasteiger partial charge in [-0.3, -0.25) is 0 Å². The fourth-order valence-corrected chi connectivity index (χ4v) is 1.78. The number of rotatable bonds is 5. The highest BCUT2D eigenvalue weighted by Gasteiger charge is 2.19. The summed E-state index contributed by atoms with van der Waals surface area (Å²) < 4.78 is 11.1. The lowest BCUT2D eigenvalue weighted by atomic mass is 9.86. The first-order valence-corrected chi connectivity index (χ1v) is 6.69. The molecule has 0 N–H and O–H groups in total. The number of hydrogen-bond acceptors (Lipinski definition) is 3. The molecule has 0 bridgehead atoms. The van der Waals surface area contributed by atoms with Gasteiger partial charge in [0.25, 0.3) is 0 Å². The maximum atomic E-state index is 5.79. The van der Waals surface area contributed by atoms with Gasteiger partial charge in [-0.2, -0.15) is 12.6 Å². The monoisotopic (exact) mass is 266 g/mol. The number of methoxy groups -OCH3 is 1. The molecule has 1 rings (SSSR count). The van der Waals surface area contributed by atoms with Crippen molar-refractivity contribution in [3.05, 3.63) is 35.9 Å². The molecule has 1 aromatic rings. The van der Waals surface area contributed by atoms with Crippen molar-refractivity contribution in [1.29, 1.82) is 0 Å². The third-order valence-electron chi connectivity index (χ3n) is 2.60. The lowest BCUT2D eigenvalue weighted by Crippen LogP contribution is -2.13. The van der Waals surface area contributed by atoms with Crippen molar-refractivity contribution in [3.8, 4) is 11.5 Å². The maximum Gasteiger partial charge on any atom is 0.123 e. The Labute approximate surface area is 115 Å². The largest absolute Gasteiger partial charge is 0.497 e. The van der Waals surface area contributed by atoms with Crippen LogP contribution in [-0.2, 0) is 5.41 Å². The van der Waals surface area contributed by atoms with Gasteiger partial charge in [-0.05, 0) is 23.6 Å². The molecule has 0 spiro atoms. The molecule has 0 saturated heterocycles. The molecule has 0 amide bonds. The SMILES string of the molecule is COc1ccc(OCC=CCS)c(C(C)(C)C)c1. The Hall–Kier alpha value is -1.09. The number of thiol groups is 1. The van der Waals surface area contributed by atoms with Crippen LogP contribution < -0.4 is 9.47 Å². The lowest BCUT2D eigenvalue weighted by Gasteiger charge is -2.23. The third-order valence-corrected chi connectivity index (χ3v) is 2.81. The first-order chi connectivity index (χ1) is 8.49. The summed E-state index contributed by atoms with van der Waals surface area (Å²) in [5.41, 5.74) is 1.18. The van der Waals surface area contributed by atoms with E-state index < -0.39 is 0 Å². The molecule has 0 atom stereocenters. The van der Waals surface area contributed by atoms with Gasteiger partial charge < -0.3 is 9.47 Å². The van der Waals surface area contributed by atoms with Crippen molar-refractivity contribution in [1.82, 2.24) is 0 Å². The fraction of sp³-hybridized carbons (Fsp3) is 0.467. The van der Waals surface area contributed by atoms with Gasteiger partial charge in [0, 0.05) is 11.3 Å². The first kappa shape index (κ1) is 15.0. The van der Waals surface area contributed by atoms with Crippen molar-refractivity contribution in [3.63, 3.8) is 0 Å². The van der Waals surface area contributed by atoms with Crippen molar-refractivity contribution in [2.75, 3.05) is 19.5 Å². The van der Waals surface area contributed by atoms with Crippen LogP contribution in [0.15, 0.2) is 30.4 Å². The van der Waals surface area contributed by atoms with Crippen LogP contribution in [0.1, 0.15) is 26.3 Å². The highest BCUT2D eigenvalue weighted by molar-refractivity contribution is 7.80. The minimum Gasteiger partial charge on any atom is -0.497 e.